The van der Waals surface area contributed by atoms with Crippen molar-refractivity contribution in [1.82, 2.24) is 0 Å². The van der Waals surface area contributed by atoms with Gasteiger partial charge in [-0.25, -0.2) is 0 Å². The molecule has 11 heteroatoms. The van der Waals surface area contributed by atoms with Crippen molar-refractivity contribution >= 4 is 42.4 Å². The van der Waals surface area contributed by atoms with Crippen LogP contribution in [-0.2, 0) is 10.0 Å². The monoisotopic (exact) mass is 449 g/mol. The van der Waals surface area contributed by atoms with Crippen molar-refractivity contribution in [1.29, 1.82) is 0 Å². The van der Waals surface area contributed by atoms with Gasteiger partial charge >= 0.3 is 0 Å². The van der Waals surface area contributed by atoms with Crippen LogP contribution in [0.5, 0.6) is 0 Å². The Morgan fingerprint density at radius 2 is 1.61 bits per heavy atom. The van der Waals surface area contributed by atoms with E-state index in [4.69, 9.17) is 0 Å². The zero-order valence-corrected chi connectivity index (χ0v) is 14.2. The van der Waals surface area contributed by atoms with Gasteiger partial charge in [0.1, 0.15) is 0 Å². The highest BCUT2D eigenvalue weighted by Gasteiger charge is 2.28. The van der Waals surface area contributed by atoms with Crippen LogP contribution < -0.4 is 0 Å². The summed E-state index contributed by atoms with van der Waals surface area (Å²) in [6, 6.07) is 11.0. The maximum absolute atomic E-state index is 12.2. The van der Waals surface area contributed by atoms with Crippen LogP contribution in [-0.4, -0.2) is 18.3 Å². The second kappa shape index (κ2) is 6.87. The van der Waals surface area contributed by atoms with Gasteiger partial charge in [-0.05, 0) is 18.2 Å². The molecule has 0 aliphatic heterocycles. The minimum atomic E-state index is -4.27. The third-order valence-electron chi connectivity index (χ3n) is 2.58. The summed E-state index contributed by atoms with van der Waals surface area (Å²) >= 11 is -1.26. The van der Waals surface area contributed by atoms with Crippen molar-refractivity contribution in [3.05, 3.63) is 72.3 Å². The number of hydrogen-bond donors (Lipinski definition) is 0. The minimum Gasteiger partial charge on any atom is -0.258 e. The smallest absolute Gasteiger partial charge is 0.258 e. The quantitative estimate of drug-likeness (QED) is 0.391. The molecule has 120 valence electrons. The average molecular weight is 449 g/mol. The van der Waals surface area contributed by atoms with Crippen LogP contribution in [0.4, 0.5) is 11.4 Å². The Hall–Kier alpha value is -2.28. The minimum absolute atomic E-state index is 0.562. The van der Waals surface area contributed by atoms with Crippen molar-refractivity contribution in [3.8, 4) is 0 Å². The summed E-state index contributed by atoms with van der Waals surface area (Å²) in [6.07, 6.45) is 0. The molecule has 0 N–H and O–H groups in total. The molecule has 0 saturated carbocycles. The van der Waals surface area contributed by atoms with Crippen LogP contribution in [0.25, 0.3) is 0 Å². The molecule has 9 nitrogen and oxygen atoms in total. The van der Waals surface area contributed by atoms with Crippen molar-refractivity contribution in [3.63, 3.8) is 0 Å². The fourth-order valence-corrected chi connectivity index (χ4v) is 5.29. The van der Waals surface area contributed by atoms with E-state index in [0.29, 0.717) is 6.07 Å². The van der Waals surface area contributed by atoms with Crippen LogP contribution >= 0.6 is 21.0 Å². The highest BCUT2D eigenvalue weighted by molar-refractivity contribution is 14.2. The first kappa shape index (κ1) is 17.1. The predicted octanol–water partition coefficient (Wildman–Crippen LogP) is 3.22. The molecule has 2 aromatic carbocycles. The summed E-state index contributed by atoms with van der Waals surface area (Å²) in [4.78, 5) is 19.2. The molecule has 0 spiro atoms. The van der Waals surface area contributed by atoms with Gasteiger partial charge in [0, 0.05) is 30.7 Å². The molecule has 0 saturated heterocycles. The number of halogens is 1. The Morgan fingerprint density at radius 3 is 2.17 bits per heavy atom. The van der Waals surface area contributed by atoms with Crippen molar-refractivity contribution in [2.24, 2.45) is 2.55 Å². The lowest BCUT2D eigenvalue weighted by atomic mass is 10.3. The summed E-state index contributed by atoms with van der Waals surface area (Å²) < 4.78 is 28.7. The van der Waals surface area contributed by atoms with Crippen molar-refractivity contribution in [2.75, 3.05) is 0 Å². The van der Waals surface area contributed by atoms with Gasteiger partial charge in [0.25, 0.3) is 21.4 Å². The number of non-ortho nitro benzene ring substituents is 1. The molecule has 0 aromatic heterocycles. The molecule has 23 heavy (non-hydrogen) atoms. The topological polar surface area (TPSA) is 133 Å². The molecule has 0 aliphatic rings. The lowest BCUT2D eigenvalue weighted by Gasteiger charge is -2.00. The van der Waals surface area contributed by atoms with E-state index in [9.17, 15) is 28.6 Å². The first-order valence-electron chi connectivity index (χ1n) is 5.90. The molecule has 2 aromatic rings. The maximum atomic E-state index is 12.2. The Morgan fingerprint density at radius 1 is 0.957 bits per heavy atom. The summed E-state index contributed by atoms with van der Waals surface area (Å²) in [5, 5.41) is 21.7. The fourth-order valence-electron chi connectivity index (χ4n) is 1.57. The molecule has 0 atom stereocenters. The van der Waals surface area contributed by atoms with E-state index in [-0.39, 0.29) is 0 Å². The summed E-state index contributed by atoms with van der Waals surface area (Å²) in [5.74, 6) is 0. The van der Waals surface area contributed by atoms with E-state index in [1.165, 1.54) is 0 Å². The largest absolute Gasteiger partial charge is 0.296 e. The third kappa shape index (κ3) is 4.13. The second-order valence-corrected chi connectivity index (χ2v) is 8.53. The molecule has 0 bridgehead atoms. The number of nitro benzene ring substituents is 2. The van der Waals surface area contributed by atoms with Gasteiger partial charge in [0.05, 0.1) is 15.9 Å². The highest BCUT2D eigenvalue weighted by atomic mass is 127. The van der Waals surface area contributed by atoms with Gasteiger partial charge in [-0.3, -0.25) is 20.2 Å². The Kier molecular flexibility index (Phi) is 5.10. The molecular weight excluding hydrogens is 441 g/mol. The lowest BCUT2D eigenvalue weighted by Crippen LogP contribution is -2.02. The first-order valence-corrected chi connectivity index (χ1v) is 9.39. The maximum Gasteiger partial charge on any atom is 0.296 e. The second-order valence-electron chi connectivity index (χ2n) is 4.09. The number of benzene rings is 2. The Bertz CT molecular complexity index is 898. The van der Waals surface area contributed by atoms with Crippen LogP contribution in [0, 0.1) is 23.8 Å². The number of hydrogen-bond acceptors (Lipinski definition) is 6. The molecule has 0 fully saturated rings. The zero-order chi connectivity index (χ0) is 17.0. The van der Waals surface area contributed by atoms with E-state index in [0.717, 1.165) is 15.7 Å². The SMILES string of the molecule is O=[N+]([O-])c1ccc(S(=O)(=O)/N=I/c2ccccc2)c([N+](=O)[O-])c1. The normalized spacial score (nSPS) is 11.8. The van der Waals surface area contributed by atoms with Crippen molar-refractivity contribution in [2.45, 2.75) is 4.90 Å². The van der Waals surface area contributed by atoms with Crippen LogP contribution in [0.2, 0.25) is 0 Å². The summed E-state index contributed by atoms with van der Waals surface area (Å²) in [6.45, 7) is 0. The average Bonchev–Trinajstić information content (AvgIpc) is 2.53. The molecule has 0 amide bonds. The number of nitro groups is 2. The molecule has 0 unspecified atom stereocenters. The van der Waals surface area contributed by atoms with E-state index < -0.39 is 57.2 Å². The Balaban J connectivity index is 2.49. The first-order chi connectivity index (χ1) is 10.8. The van der Waals surface area contributed by atoms with Gasteiger partial charge < -0.3 is 0 Å². The van der Waals surface area contributed by atoms with E-state index in [1.54, 1.807) is 30.3 Å². The van der Waals surface area contributed by atoms with Crippen LogP contribution in [0.1, 0.15) is 0 Å². The van der Waals surface area contributed by atoms with Gasteiger partial charge in [-0.1, -0.05) is 18.2 Å². The standard InChI is InChI=1S/C12H8IN3O6S/c17-15(18)10-6-7-12(11(8-10)16(19)20)23(21,22)14-13-9-4-2-1-3-5-9/h1-8H. The number of nitrogens with zero attached hydrogens (tertiary/aromatic N) is 3. The number of sulfonamides is 1. The highest BCUT2D eigenvalue weighted by Crippen LogP contribution is 2.31. The van der Waals surface area contributed by atoms with E-state index in [1.807, 2.05) is 0 Å². The molecule has 0 heterocycles. The molecule has 0 aliphatic carbocycles. The summed E-state index contributed by atoms with van der Waals surface area (Å²) in [7, 11) is -4.27. The fraction of sp³-hybridized carbons (Fsp3) is 0. The summed E-state index contributed by atoms with van der Waals surface area (Å²) in [5.41, 5.74) is -1.42. The van der Waals surface area contributed by atoms with Gasteiger partial charge in [-0.15, -0.1) is 2.55 Å². The third-order valence-corrected chi connectivity index (χ3v) is 7.16. The zero-order valence-electron chi connectivity index (χ0n) is 11.2. The van der Waals surface area contributed by atoms with Crippen LogP contribution in [0.15, 0.2) is 56.0 Å². The Labute approximate surface area is 140 Å². The van der Waals surface area contributed by atoms with E-state index >= 15 is 0 Å². The van der Waals surface area contributed by atoms with Crippen LogP contribution in [0.3, 0.4) is 0 Å². The lowest BCUT2D eigenvalue weighted by molar-refractivity contribution is -0.396. The van der Waals surface area contributed by atoms with Gasteiger partial charge in [0.2, 0.25) is 0 Å². The molecule has 2 rings (SSSR count). The molecule has 0 radical (unpaired) electrons. The number of rotatable bonds is 5. The predicted molar refractivity (Wildman–Crippen MR) is 88.5 cm³/mol. The molecular formula is C12H8IN3O6S. The van der Waals surface area contributed by atoms with E-state index in [2.05, 4.69) is 2.55 Å². The van der Waals surface area contributed by atoms with Crippen molar-refractivity contribution < 1.29 is 18.3 Å². The van der Waals surface area contributed by atoms with Gasteiger partial charge in [-0.2, -0.15) is 8.42 Å². The van der Waals surface area contributed by atoms with Gasteiger partial charge in [0.15, 0.2) is 4.90 Å².